The summed E-state index contributed by atoms with van der Waals surface area (Å²) in [6.07, 6.45) is 6.57. The Morgan fingerprint density at radius 1 is 1.32 bits per heavy atom. The Hall–Kier alpha value is -2.64. The maximum atomic E-state index is 12.4. The number of aromatic nitrogens is 2. The van der Waals surface area contributed by atoms with Gasteiger partial charge in [0, 0.05) is 13.6 Å². The van der Waals surface area contributed by atoms with Gasteiger partial charge >= 0.3 is 11.7 Å². The summed E-state index contributed by atoms with van der Waals surface area (Å²) in [5.41, 5.74) is 4.20. The van der Waals surface area contributed by atoms with Crippen molar-refractivity contribution >= 4 is 17.6 Å². The predicted octanol–water partition coefficient (Wildman–Crippen LogP) is 0.621. The van der Waals surface area contributed by atoms with E-state index in [2.05, 4.69) is 0 Å². The molecule has 0 saturated heterocycles. The van der Waals surface area contributed by atoms with Gasteiger partial charge in [-0.3, -0.25) is 23.5 Å². The second-order valence-corrected chi connectivity index (χ2v) is 6.07. The molecule has 0 unspecified atom stereocenters. The number of ether oxygens (including phenoxy) is 1. The van der Waals surface area contributed by atoms with Crippen LogP contribution in [0.1, 0.15) is 43.0 Å². The third-order valence-corrected chi connectivity index (χ3v) is 4.26. The number of nitrogens with two attached hydrogens (primary N) is 1. The molecule has 8 heteroatoms. The maximum absolute atomic E-state index is 12.4. The third-order valence-electron chi connectivity index (χ3n) is 4.26. The minimum atomic E-state index is -0.781. The van der Waals surface area contributed by atoms with Crippen molar-refractivity contribution in [2.45, 2.75) is 39.2 Å². The highest BCUT2D eigenvalue weighted by molar-refractivity contribution is 6.01. The van der Waals surface area contributed by atoms with E-state index in [0.717, 1.165) is 11.0 Å². The van der Waals surface area contributed by atoms with E-state index >= 15 is 0 Å². The Morgan fingerprint density at radius 2 is 2.04 bits per heavy atom. The van der Waals surface area contributed by atoms with E-state index in [9.17, 15) is 19.2 Å². The quantitative estimate of drug-likeness (QED) is 0.457. The van der Waals surface area contributed by atoms with Crippen LogP contribution in [-0.4, -0.2) is 27.5 Å². The molecule has 1 atom stereocenters. The first-order chi connectivity index (χ1) is 11.9. The third kappa shape index (κ3) is 3.89. The number of anilines is 1. The number of hydrogen-bond acceptors (Lipinski definition) is 6. The van der Waals surface area contributed by atoms with Gasteiger partial charge in [0.05, 0.1) is 5.92 Å². The smallest absolute Gasteiger partial charge is 0.332 e. The van der Waals surface area contributed by atoms with Crippen LogP contribution in [0.5, 0.6) is 0 Å². The topological polar surface area (TPSA) is 113 Å². The largest absolute Gasteiger partial charge is 0.457 e. The van der Waals surface area contributed by atoms with Crippen molar-refractivity contribution < 1.29 is 14.3 Å². The number of allylic oxidation sites excluding steroid dienone is 2. The van der Waals surface area contributed by atoms with Crippen molar-refractivity contribution in [3.05, 3.63) is 38.6 Å². The summed E-state index contributed by atoms with van der Waals surface area (Å²) >= 11 is 0. The summed E-state index contributed by atoms with van der Waals surface area (Å²) in [7, 11) is 1.29. The monoisotopic (exact) mass is 349 g/mol. The highest BCUT2D eigenvalue weighted by Gasteiger charge is 2.25. The number of Topliss-reactive ketones (excluding diaryl/α,β-unsaturated/α-hetero) is 1. The number of nitrogens with zero attached hydrogens (tertiary/aromatic N) is 2. The Kier molecular flexibility index (Phi) is 5.95. The molecule has 1 aliphatic rings. The zero-order valence-corrected chi connectivity index (χ0v) is 14.5. The summed E-state index contributed by atoms with van der Waals surface area (Å²) in [6, 6.07) is 0. The fourth-order valence-corrected chi connectivity index (χ4v) is 2.82. The number of carbonyl (C=O) groups excluding carboxylic acids is 2. The Bertz CT molecular complexity index is 819. The molecule has 0 fully saturated rings. The molecule has 1 heterocycles. The summed E-state index contributed by atoms with van der Waals surface area (Å²) < 4.78 is 7.09. The molecule has 0 bridgehead atoms. The number of esters is 1. The minimum absolute atomic E-state index is 0.184. The standard InChI is InChI=1S/C17H23N3O5/c1-3-9-20-14(18)13(15(22)19(2)17(20)24)12(21)10-25-16(23)11-7-5-4-6-8-11/h4-5,11H,3,6-10,18H2,1-2H3/t11-/m1/s1. The molecular weight excluding hydrogens is 326 g/mol. The van der Waals surface area contributed by atoms with Gasteiger partial charge in [-0.05, 0) is 25.7 Å². The van der Waals surface area contributed by atoms with Gasteiger partial charge in [-0.1, -0.05) is 19.1 Å². The summed E-state index contributed by atoms with van der Waals surface area (Å²) in [4.78, 5) is 48.8. The van der Waals surface area contributed by atoms with Crippen LogP contribution in [0.3, 0.4) is 0 Å². The lowest BCUT2D eigenvalue weighted by Crippen LogP contribution is -2.43. The Labute approximate surface area is 144 Å². The van der Waals surface area contributed by atoms with E-state index < -0.39 is 29.6 Å². The van der Waals surface area contributed by atoms with Crippen molar-refractivity contribution in [1.29, 1.82) is 0 Å². The summed E-state index contributed by atoms with van der Waals surface area (Å²) in [5.74, 6) is -1.62. The SMILES string of the molecule is CCCn1c(N)c(C(=O)COC(=O)[C@@H]2CC=CCC2)c(=O)n(C)c1=O. The van der Waals surface area contributed by atoms with E-state index in [1.54, 1.807) is 0 Å². The fourth-order valence-electron chi connectivity index (χ4n) is 2.82. The van der Waals surface area contributed by atoms with Crippen LogP contribution >= 0.6 is 0 Å². The Morgan fingerprint density at radius 3 is 2.64 bits per heavy atom. The lowest BCUT2D eigenvalue weighted by atomic mass is 9.95. The van der Waals surface area contributed by atoms with Crippen molar-refractivity contribution in [2.75, 3.05) is 12.3 Å². The number of ketones is 1. The average Bonchev–Trinajstić information content (AvgIpc) is 2.62. The van der Waals surface area contributed by atoms with Crippen LogP contribution in [0.15, 0.2) is 21.7 Å². The van der Waals surface area contributed by atoms with E-state index in [1.807, 2.05) is 19.1 Å². The molecule has 0 spiro atoms. The van der Waals surface area contributed by atoms with Gasteiger partial charge in [0.25, 0.3) is 5.56 Å². The van der Waals surface area contributed by atoms with Gasteiger partial charge in [0.1, 0.15) is 11.4 Å². The van der Waals surface area contributed by atoms with E-state index in [0.29, 0.717) is 19.3 Å². The molecule has 2 rings (SSSR count). The lowest BCUT2D eigenvalue weighted by Gasteiger charge is -2.17. The van der Waals surface area contributed by atoms with Gasteiger partial charge in [0.2, 0.25) is 5.78 Å². The van der Waals surface area contributed by atoms with Crippen molar-refractivity contribution in [3.8, 4) is 0 Å². The zero-order valence-electron chi connectivity index (χ0n) is 14.5. The molecule has 0 aliphatic heterocycles. The molecule has 1 aliphatic carbocycles. The van der Waals surface area contributed by atoms with Crippen LogP contribution in [0.25, 0.3) is 0 Å². The van der Waals surface area contributed by atoms with Crippen molar-refractivity contribution in [3.63, 3.8) is 0 Å². The first kappa shape index (κ1) is 18.7. The van der Waals surface area contributed by atoms with Gasteiger partial charge < -0.3 is 10.5 Å². The molecule has 1 aromatic rings. The molecule has 0 radical (unpaired) electrons. The van der Waals surface area contributed by atoms with Crippen LogP contribution in [0, 0.1) is 5.92 Å². The number of carbonyl (C=O) groups is 2. The molecule has 0 saturated carbocycles. The van der Waals surface area contributed by atoms with Crippen LogP contribution < -0.4 is 17.0 Å². The van der Waals surface area contributed by atoms with Crippen LogP contribution in [0.2, 0.25) is 0 Å². The Balaban J connectivity index is 2.21. The molecule has 25 heavy (non-hydrogen) atoms. The maximum Gasteiger partial charge on any atom is 0.332 e. The highest BCUT2D eigenvalue weighted by atomic mass is 16.5. The molecule has 136 valence electrons. The van der Waals surface area contributed by atoms with Gasteiger partial charge in [-0.15, -0.1) is 0 Å². The summed E-state index contributed by atoms with van der Waals surface area (Å²) in [5, 5.41) is 0. The fraction of sp³-hybridized carbons (Fsp3) is 0.529. The number of hydrogen-bond donors (Lipinski definition) is 1. The highest BCUT2D eigenvalue weighted by Crippen LogP contribution is 2.19. The number of nitrogen functional groups attached to an aromatic ring is 1. The molecule has 0 amide bonds. The van der Waals surface area contributed by atoms with Gasteiger partial charge in [0.15, 0.2) is 6.61 Å². The second kappa shape index (κ2) is 7.96. The van der Waals surface area contributed by atoms with Crippen molar-refractivity contribution in [1.82, 2.24) is 9.13 Å². The van der Waals surface area contributed by atoms with Crippen LogP contribution in [0.4, 0.5) is 5.82 Å². The van der Waals surface area contributed by atoms with Crippen molar-refractivity contribution in [2.24, 2.45) is 13.0 Å². The van der Waals surface area contributed by atoms with Crippen LogP contribution in [-0.2, 0) is 23.1 Å². The summed E-state index contributed by atoms with van der Waals surface area (Å²) in [6.45, 7) is 1.56. The second-order valence-electron chi connectivity index (χ2n) is 6.07. The molecule has 1 aromatic heterocycles. The van der Waals surface area contributed by atoms with Gasteiger partial charge in [-0.25, -0.2) is 4.79 Å². The minimum Gasteiger partial charge on any atom is -0.457 e. The van der Waals surface area contributed by atoms with Gasteiger partial charge in [-0.2, -0.15) is 0 Å². The first-order valence-corrected chi connectivity index (χ1v) is 8.32. The lowest BCUT2D eigenvalue weighted by molar-refractivity contribution is -0.147. The molecule has 0 aromatic carbocycles. The van der Waals surface area contributed by atoms with E-state index in [-0.39, 0.29) is 23.8 Å². The van der Waals surface area contributed by atoms with E-state index in [1.165, 1.54) is 11.6 Å². The zero-order chi connectivity index (χ0) is 18.6. The first-order valence-electron chi connectivity index (χ1n) is 8.32. The number of rotatable bonds is 6. The normalized spacial score (nSPS) is 16.6. The average molecular weight is 349 g/mol. The predicted molar refractivity (Wildman–Crippen MR) is 92.4 cm³/mol. The molecular formula is C17H23N3O5. The molecule has 8 nitrogen and oxygen atoms in total. The van der Waals surface area contributed by atoms with E-state index in [4.69, 9.17) is 10.5 Å². The molecule has 2 N–H and O–H groups in total.